The van der Waals surface area contributed by atoms with Gasteiger partial charge in [-0.3, -0.25) is 0 Å². The van der Waals surface area contributed by atoms with Crippen molar-refractivity contribution in [2.45, 2.75) is 50.7 Å². The van der Waals surface area contributed by atoms with Crippen molar-refractivity contribution in [3.63, 3.8) is 0 Å². The van der Waals surface area contributed by atoms with E-state index in [1.165, 1.54) is 31.2 Å². The van der Waals surface area contributed by atoms with Crippen molar-refractivity contribution >= 4 is 0 Å². The van der Waals surface area contributed by atoms with Crippen molar-refractivity contribution in [2.75, 3.05) is 0 Å². The van der Waals surface area contributed by atoms with Gasteiger partial charge in [-0.2, -0.15) is 0 Å². The standard InChI is InChI=1S/C14H22N2/c1-11(12-7-3-2-4-8-12)16-14-10-6-5-9-13(14)15/h2-4,7-8,11,13-14,16H,5-6,9-10,15H2,1H3/t11-,13+,14-/m1/s1. The molecule has 1 aliphatic carbocycles. The van der Waals surface area contributed by atoms with E-state index in [2.05, 4.69) is 42.6 Å². The average Bonchev–Trinajstić information content (AvgIpc) is 2.33. The summed E-state index contributed by atoms with van der Waals surface area (Å²) in [5, 5.41) is 3.66. The van der Waals surface area contributed by atoms with Crippen LogP contribution in [0.15, 0.2) is 30.3 Å². The largest absolute Gasteiger partial charge is 0.326 e. The molecule has 3 N–H and O–H groups in total. The topological polar surface area (TPSA) is 38.0 Å². The highest BCUT2D eigenvalue weighted by Gasteiger charge is 2.22. The molecule has 0 bridgehead atoms. The van der Waals surface area contributed by atoms with Gasteiger partial charge in [-0.05, 0) is 25.3 Å². The molecule has 0 saturated heterocycles. The fraction of sp³-hybridized carbons (Fsp3) is 0.571. The van der Waals surface area contributed by atoms with Crippen LogP contribution in [0.4, 0.5) is 0 Å². The van der Waals surface area contributed by atoms with E-state index in [0.717, 1.165) is 0 Å². The summed E-state index contributed by atoms with van der Waals surface area (Å²) in [6, 6.07) is 11.8. The zero-order chi connectivity index (χ0) is 11.4. The van der Waals surface area contributed by atoms with Crippen molar-refractivity contribution in [2.24, 2.45) is 5.73 Å². The van der Waals surface area contributed by atoms with E-state index in [0.29, 0.717) is 18.1 Å². The van der Waals surface area contributed by atoms with Crippen LogP contribution in [0, 0.1) is 0 Å². The van der Waals surface area contributed by atoms with Crippen LogP contribution in [0.5, 0.6) is 0 Å². The van der Waals surface area contributed by atoms with Crippen LogP contribution in [-0.2, 0) is 0 Å². The van der Waals surface area contributed by atoms with Crippen LogP contribution < -0.4 is 11.1 Å². The highest BCUT2D eigenvalue weighted by Crippen LogP contribution is 2.20. The Hall–Kier alpha value is -0.860. The quantitative estimate of drug-likeness (QED) is 0.818. The Labute approximate surface area is 98.2 Å². The third-order valence-electron chi connectivity index (χ3n) is 3.58. The van der Waals surface area contributed by atoms with Gasteiger partial charge in [0.2, 0.25) is 0 Å². The van der Waals surface area contributed by atoms with E-state index in [4.69, 9.17) is 5.73 Å². The summed E-state index contributed by atoms with van der Waals surface area (Å²) in [6.07, 6.45) is 4.99. The van der Waals surface area contributed by atoms with Gasteiger partial charge in [-0.25, -0.2) is 0 Å². The van der Waals surface area contributed by atoms with E-state index in [1.54, 1.807) is 0 Å². The number of benzene rings is 1. The Morgan fingerprint density at radius 2 is 1.88 bits per heavy atom. The number of hydrogen-bond acceptors (Lipinski definition) is 2. The molecule has 2 rings (SSSR count). The Morgan fingerprint density at radius 1 is 1.19 bits per heavy atom. The van der Waals surface area contributed by atoms with Crippen molar-refractivity contribution < 1.29 is 0 Å². The monoisotopic (exact) mass is 218 g/mol. The molecule has 0 aromatic heterocycles. The molecular formula is C14H22N2. The molecule has 16 heavy (non-hydrogen) atoms. The molecular weight excluding hydrogens is 196 g/mol. The fourth-order valence-electron chi connectivity index (χ4n) is 2.53. The molecule has 1 aromatic rings. The molecule has 1 fully saturated rings. The fourth-order valence-corrected chi connectivity index (χ4v) is 2.53. The predicted molar refractivity (Wildman–Crippen MR) is 68.2 cm³/mol. The van der Waals surface area contributed by atoms with Crippen LogP contribution in [0.3, 0.4) is 0 Å². The molecule has 88 valence electrons. The first-order valence-electron chi connectivity index (χ1n) is 6.34. The molecule has 1 saturated carbocycles. The zero-order valence-corrected chi connectivity index (χ0v) is 10.0. The van der Waals surface area contributed by atoms with Gasteiger partial charge in [0.15, 0.2) is 0 Å². The number of nitrogens with two attached hydrogens (primary N) is 1. The second kappa shape index (κ2) is 5.46. The van der Waals surface area contributed by atoms with E-state index in [1.807, 2.05) is 0 Å². The molecule has 0 aliphatic heterocycles. The molecule has 0 amide bonds. The second-order valence-electron chi connectivity index (χ2n) is 4.85. The van der Waals surface area contributed by atoms with Crippen molar-refractivity contribution in [1.29, 1.82) is 0 Å². The highest BCUT2D eigenvalue weighted by atomic mass is 15.0. The smallest absolute Gasteiger partial charge is 0.0294 e. The molecule has 2 heteroatoms. The lowest BCUT2D eigenvalue weighted by atomic mass is 9.90. The van der Waals surface area contributed by atoms with Gasteiger partial charge in [0.1, 0.15) is 0 Å². The minimum Gasteiger partial charge on any atom is -0.326 e. The van der Waals surface area contributed by atoms with Crippen molar-refractivity contribution in [3.8, 4) is 0 Å². The van der Waals surface area contributed by atoms with Crippen molar-refractivity contribution in [3.05, 3.63) is 35.9 Å². The Balaban J connectivity index is 1.94. The maximum atomic E-state index is 6.14. The first kappa shape index (κ1) is 11.6. The Kier molecular flexibility index (Phi) is 3.97. The molecule has 0 unspecified atom stereocenters. The molecule has 3 atom stereocenters. The summed E-state index contributed by atoms with van der Waals surface area (Å²) in [4.78, 5) is 0. The van der Waals surface area contributed by atoms with Crippen LogP contribution in [0.2, 0.25) is 0 Å². The van der Waals surface area contributed by atoms with E-state index in [-0.39, 0.29) is 0 Å². The number of hydrogen-bond donors (Lipinski definition) is 2. The second-order valence-corrected chi connectivity index (χ2v) is 4.85. The predicted octanol–water partition coefficient (Wildman–Crippen LogP) is 2.61. The zero-order valence-electron chi connectivity index (χ0n) is 10.0. The molecule has 0 spiro atoms. The van der Waals surface area contributed by atoms with Gasteiger partial charge in [0.25, 0.3) is 0 Å². The summed E-state index contributed by atoms with van der Waals surface area (Å²) in [5.41, 5.74) is 7.49. The van der Waals surface area contributed by atoms with E-state index in [9.17, 15) is 0 Å². The van der Waals surface area contributed by atoms with Gasteiger partial charge >= 0.3 is 0 Å². The summed E-state index contributed by atoms with van der Waals surface area (Å²) in [7, 11) is 0. The first-order chi connectivity index (χ1) is 7.77. The third-order valence-corrected chi connectivity index (χ3v) is 3.58. The number of rotatable bonds is 3. The lowest BCUT2D eigenvalue weighted by Crippen LogP contribution is -2.47. The maximum absolute atomic E-state index is 6.14. The van der Waals surface area contributed by atoms with Crippen LogP contribution in [0.1, 0.15) is 44.2 Å². The summed E-state index contributed by atoms with van der Waals surface area (Å²) in [5.74, 6) is 0. The average molecular weight is 218 g/mol. The summed E-state index contributed by atoms with van der Waals surface area (Å²) >= 11 is 0. The summed E-state index contributed by atoms with van der Waals surface area (Å²) < 4.78 is 0. The van der Waals surface area contributed by atoms with Gasteiger partial charge in [0.05, 0.1) is 0 Å². The van der Waals surface area contributed by atoms with Crippen LogP contribution >= 0.6 is 0 Å². The Morgan fingerprint density at radius 3 is 2.56 bits per heavy atom. The van der Waals surface area contributed by atoms with Gasteiger partial charge < -0.3 is 11.1 Å². The summed E-state index contributed by atoms with van der Waals surface area (Å²) in [6.45, 7) is 2.22. The first-order valence-corrected chi connectivity index (χ1v) is 6.34. The lowest BCUT2D eigenvalue weighted by molar-refractivity contribution is 0.307. The molecule has 2 nitrogen and oxygen atoms in total. The van der Waals surface area contributed by atoms with E-state index >= 15 is 0 Å². The van der Waals surface area contributed by atoms with Gasteiger partial charge in [-0.1, -0.05) is 43.2 Å². The minimum absolute atomic E-state index is 0.333. The Bertz CT molecular complexity index is 310. The number of nitrogens with one attached hydrogen (secondary N) is 1. The van der Waals surface area contributed by atoms with E-state index < -0.39 is 0 Å². The molecule has 0 radical (unpaired) electrons. The normalized spacial score (nSPS) is 27.6. The lowest BCUT2D eigenvalue weighted by Gasteiger charge is -2.32. The van der Waals surface area contributed by atoms with Gasteiger partial charge in [0, 0.05) is 18.1 Å². The SMILES string of the molecule is C[C@@H](N[C@@H]1CCCC[C@@H]1N)c1ccccc1. The van der Waals surface area contributed by atoms with Crippen LogP contribution in [-0.4, -0.2) is 12.1 Å². The highest BCUT2D eigenvalue weighted by molar-refractivity contribution is 5.18. The maximum Gasteiger partial charge on any atom is 0.0294 e. The minimum atomic E-state index is 0.333. The molecule has 1 aliphatic rings. The van der Waals surface area contributed by atoms with Gasteiger partial charge in [-0.15, -0.1) is 0 Å². The molecule has 1 aromatic carbocycles. The third kappa shape index (κ3) is 2.83. The van der Waals surface area contributed by atoms with Crippen molar-refractivity contribution in [1.82, 2.24) is 5.32 Å². The van der Waals surface area contributed by atoms with Crippen LogP contribution in [0.25, 0.3) is 0 Å². The molecule has 0 heterocycles.